The molecule has 4 nitrogen and oxygen atoms in total. The molecule has 0 saturated carbocycles. The molecule has 13 heavy (non-hydrogen) atoms. The first-order valence-corrected chi connectivity index (χ1v) is 5.32. The number of hydrogen-bond donors (Lipinski definition) is 1. The van der Waals surface area contributed by atoms with Crippen molar-refractivity contribution in [2.45, 2.75) is 19.3 Å². The predicted molar refractivity (Wildman–Crippen MR) is 51.3 cm³/mol. The average molecular weight is 246 g/mol. The number of halogens is 1. The van der Waals surface area contributed by atoms with Gasteiger partial charge in [0.05, 0.1) is 0 Å². The van der Waals surface area contributed by atoms with Crippen LogP contribution in [0.1, 0.15) is 18.7 Å². The van der Waals surface area contributed by atoms with Crippen molar-refractivity contribution < 1.29 is 4.42 Å². The third-order valence-corrected chi connectivity index (χ3v) is 2.62. The monoisotopic (exact) mass is 245 g/mol. The van der Waals surface area contributed by atoms with Crippen LogP contribution in [0.15, 0.2) is 9.22 Å². The van der Waals surface area contributed by atoms with E-state index in [9.17, 15) is 0 Å². The highest BCUT2D eigenvalue weighted by Gasteiger charge is 2.16. The van der Waals surface area contributed by atoms with Gasteiger partial charge in [0, 0.05) is 22.4 Å². The molecule has 0 aliphatic carbocycles. The van der Waals surface area contributed by atoms with Gasteiger partial charge in [-0.2, -0.15) is 0 Å². The van der Waals surface area contributed by atoms with Crippen molar-refractivity contribution in [3.05, 3.63) is 10.7 Å². The Bertz CT molecular complexity index is 270. The Labute approximate surface area is 85.2 Å². The quantitative estimate of drug-likeness (QED) is 0.856. The van der Waals surface area contributed by atoms with Crippen LogP contribution in [0.2, 0.25) is 0 Å². The zero-order valence-electron chi connectivity index (χ0n) is 7.29. The van der Waals surface area contributed by atoms with Crippen LogP contribution >= 0.6 is 15.9 Å². The highest BCUT2D eigenvalue weighted by atomic mass is 79.9. The maximum atomic E-state index is 5.25. The molecule has 1 atom stereocenters. The van der Waals surface area contributed by atoms with E-state index in [-0.39, 0.29) is 0 Å². The second-order valence-corrected chi connectivity index (χ2v) is 4.04. The van der Waals surface area contributed by atoms with Gasteiger partial charge < -0.3 is 9.73 Å². The zero-order valence-corrected chi connectivity index (χ0v) is 8.88. The van der Waals surface area contributed by atoms with Crippen molar-refractivity contribution in [1.29, 1.82) is 0 Å². The third-order valence-electron chi connectivity index (χ3n) is 2.30. The topological polar surface area (TPSA) is 51.0 Å². The fourth-order valence-electron chi connectivity index (χ4n) is 1.66. The molecule has 0 bridgehead atoms. The smallest absolute Gasteiger partial charge is 0.284 e. The fourth-order valence-corrected chi connectivity index (χ4v) is 1.93. The highest BCUT2D eigenvalue weighted by molar-refractivity contribution is 9.10. The van der Waals surface area contributed by atoms with Crippen LogP contribution in [-0.2, 0) is 6.42 Å². The molecule has 1 fully saturated rings. The van der Waals surface area contributed by atoms with Crippen molar-refractivity contribution in [1.82, 2.24) is 15.5 Å². The van der Waals surface area contributed by atoms with E-state index in [1.165, 1.54) is 12.8 Å². The van der Waals surface area contributed by atoms with Crippen LogP contribution in [-0.4, -0.2) is 23.3 Å². The number of aromatic nitrogens is 2. The molecule has 72 valence electrons. The largest absolute Gasteiger partial charge is 0.416 e. The molecule has 1 aliphatic heterocycles. The summed E-state index contributed by atoms with van der Waals surface area (Å²) in [5, 5.41) is 11.0. The number of rotatable bonds is 2. The predicted octanol–water partition coefficient (Wildman–Crippen LogP) is 1.37. The lowest BCUT2D eigenvalue weighted by molar-refractivity contribution is 0.342. The molecule has 2 heterocycles. The van der Waals surface area contributed by atoms with Crippen LogP contribution in [0.25, 0.3) is 0 Å². The van der Waals surface area contributed by atoms with E-state index in [1.54, 1.807) is 0 Å². The maximum absolute atomic E-state index is 5.25. The molecule has 2 rings (SSSR count). The molecular weight excluding hydrogens is 234 g/mol. The van der Waals surface area contributed by atoms with Crippen molar-refractivity contribution in [2.24, 2.45) is 5.92 Å². The molecule has 0 spiro atoms. The van der Waals surface area contributed by atoms with Gasteiger partial charge in [0.2, 0.25) is 5.89 Å². The summed E-state index contributed by atoms with van der Waals surface area (Å²) in [4.78, 5) is 0.478. The number of piperidine rings is 1. The molecule has 0 aromatic carbocycles. The van der Waals surface area contributed by atoms with Crippen molar-refractivity contribution in [3.63, 3.8) is 0 Å². The van der Waals surface area contributed by atoms with Crippen LogP contribution in [0.3, 0.4) is 0 Å². The Morgan fingerprint density at radius 3 is 3.08 bits per heavy atom. The first-order valence-electron chi connectivity index (χ1n) is 4.53. The van der Waals surface area contributed by atoms with Gasteiger partial charge in [0.25, 0.3) is 4.80 Å². The molecule has 1 N–H and O–H groups in total. The Morgan fingerprint density at radius 1 is 1.54 bits per heavy atom. The average Bonchev–Trinajstić information content (AvgIpc) is 2.53. The van der Waals surface area contributed by atoms with Gasteiger partial charge >= 0.3 is 0 Å². The van der Waals surface area contributed by atoms with Gasteiger partial charge in [0.1, 0.15) is 0 Å². The molecule has 1 aromatic heterocycles. The van der Waals surface area contributed by atoms with Crippen LogP contribution < -0.4 is 5.32 Å². The van der Waals surface area contributed by atoms with Crippen molar-refractivity contribution >= 4 is 15.9 Å². The SMILES string of the molecule is Brc1nnc(CC2CCCNC2)o1. The van der Waals surface area contributed by atoms with Gasteiger partial charge in [-0.05, 0) is 31.8 Å². The minimum Gasteiger partial charge on any atom is -0.416 e. The van der Waals surface area contributed by atoms with Gasteiger partial charge in [-0.3, -0.25) is 0 Å². The second kappa shape index (κ2) is 4.19. The second-order valence-electron chi connectivity index (χ2n) is 3.37. The summed E-state index contributed by atoms with van der Waals surface area (Å²) >= 11 is 3.14. The van der Waals surface area contributed by atoms with Crippen molar-refractivity contribution in [3.8, 4) is 0 Å². The molecular formula is C8H12BrN3O. The standard InChI is InChI=1S/C8H12BrN3O/c9-8-12-11-7(13-8)4-6-2-1-3-10-5-6/h6,10H,1-5H2. The molecule has 0 amide bonds. The summed E-state index contributed by atoms with van der Waals surface area (Å²) in [5.74, 6) is 1.39. The summed E-state index contributed by atoms with van der Waals surface area (Å²) in [6.07, 6.45) is 3.40. The third kappa shape index (κ3) is 2.51. The van der Waals surface area contributed by atoms with E-state index in [2.05, 4.69) is 31.4 Å². The highest BCUT2D eigenvalue weighted by Crippen LogP contribution is 2.16. The van der Waals surface area contributed by atoms with Crippen LogP contribution in [0.4, 0.5) is 0 Å². The Kier molecular flexibility index (Phi) is 2.95. The minimum atomic E-state index is 0.478. The lowest BCUT2D eigenvalue weighted by Crippen LogP contribution is -2.30. The molecule has 1 saturated heterocycles. The van der Waals surface area contributed by atoms with E-state index >= 15 is 0 Å². The Hall–Kier alpha value is -0.420. The first kappa shape index (κ1) is 9.15. The molecule has 0 radical (unpaired) electrons. The Morgan fingerprint density at radius 2 is 2.46 bits per heavy atom. The normalized spacial score (nSPS) is 23.3. The number of nitrogens with zero attached hydrogens (tertiary/aromatic N) is 2. The summed E-state index contributed by atoms with van der Waals surface area (Å²) < 4.78 is 5.25. The zero-order chi connectivity index (χ0) is 9.10. The maximum Gasteiger partial charge on any atom is 0.284 e. The van der Waals surface area contributed by atoms with Gasteiger partial charge in [-0.25, -0.2) is 0 Å². The van der Waals surface area contributed by atoms with E-state index in [0.717, 1.165) is 25.4 Å². The summed E-state index contributed by atoms with van der Waals surface area (Å²) in [7, 11) is 0. The van der Waals surface area contributed by atoms with E-state index in [4.69, 9.17) is 4.42 Å². The molecule has 1 unspecified atom stereocenters. The Balaban J connectivity index is 1.89. The van der Waals surface area contributed by atoms with E-state index < -0.39 is 0 Å². The summed E-state index contributed by atoms with van der Waals surface area (Å²) in [5.41, 5.74) is 0. The van der Waals surface area contributed by atoms with Crippen LogP contribution in [0, 0.1) is 5.92 Å². The van der Waals surface area contributed by atoms with Gasteiger partial charge in [-0.15, -0.1) is 10.2 Å². The minimum absolute atomic E-state index is 0.478. The molecule has 1 aromatic rings. The van der Waals surface area contributed by atoms with Crippen LogP contribution in [0.5, 0.6) is 0 Å². The summed E-state index contributed by atoms with van der Waals surface area (Å²) in [6.45, 7) is 2.21. The number of hydrogen-bond acceptors (Lipinski definition) is 4. The first-order chi connectivity index (χ1) is 6.34. The lowest BCUT2D eigenvalue weighted by Gasteiger charge is -2.20. The van der Waals surface area contributed by atoms with Gasteiger partial charge in [0.15, 0.2) is 0 Å². The van der Waals surface area contributed by atoms with E-state index in [0.29, 0.717) is 10.7 Å². The number of nitrogens with one attached hydrogen (secondary N) is 1. The van der Waals surface area contributed by atoms with E-state index in [1.807, 2.05) is 0 Å². The lowest BCUT2D eigenvalue weighted by atomic mass is 9.96. The van der Waals surface area contributed by atoms with Gasteiger partial charge in [-0.1, -0.05) is 0 Å². The molecule has 5 heteroatoms. The fraction of sp³-hybridized carbons (Fsp3) is 0.750. The molecule has 1 aliphatic rings. The van der Waals surface area contributed by atoms with Crippen molar-refractivity contribution in [2.75, 3.05) is 13.1 Å². The summed E-state index contributed by atoms with van der Waals surface area (Å²) in [6, 6.07) is 0.